The van der Waals surface area contributed by atoms with E-state index in [9.17, 15) is 4.79 Å². The lowest BCUT2D eigenvalue weighted by molar-refractivity contribution is 0.295. The number of nitrogens with zero attached hydrogens (tertiary/aromatic N) is 3. The summed E-state index contributed by atoms with van der Waals surface area (Å²) in [5, 5.41) is 4.98. The van der Waals surface area contributed by atoms with Gasteiger partial charge in [-0.3, -0.25) is 4.79 Å². The molecule has 162 valence electrons. The van der Waals surface area contributed by atoms with Gasteiger partial charge in [0.25, 0.3) is 5.56 Å². The van der Waals surface area contributed by atoms with Crippen molar-refractivity contribution >= 4 is 49.0 Å². The molecule has 0 aliphatic rings. The van der Waals surface area contributed by atoms with Gasteiger partial charge >= 0.3 is 0 Å². The van der Waals surface area contributed by atoms with Crippen LogP contribution in [0.25, 0.3) is 10.9 Å². The van der Waals surface area contributed by atoms with Crippen LogP contribution in [0.1, 0.15) is 38.1 Å². The van der Waals surface area contributed by atoms with Crippen LogP contribution in [0.3, 0.4) is 0 Å². The molecule has 0 aliphatic carbocycles. The van der Waals surface area contributed by atoms with E-state index >= 15 is 0 Å². The Labute approximate surface area is 197 Å². The minimum atomic E-state index is -0.221. The second-order valence-corrected chi connectivity index (χ2v) is 8.78. The smallest absolute Gasteiger partial charge is 0.282 e. The van der Waals surface area contributed by atoms with Crippen molar-refractivity contribution in [3.05, 3.63) is 73.7 Å². The van der Waals surface area contributed by atoms with Crippen molar-refractivity contribution < 1.29 is 9.47 Å². The molecule has 6 nitrogen and oxygen atoms in total. The van der Waals surface area contributed by atoms with Crippen molar-refractivity contribution in [1.82, 2.24) is 9.66 Å². The molecular formula is C23H23Br2N3O3. The Hall–Kier alpha value is -2.45. The SMILES string of the molecule is C=CCOc1c(Br)cc(C=Nn2c(C(C)C)nc3ccc(Br)cc3c2=O)cc1OCC. The van der Waals surface area contributed by atoms with E-state index in [1.807, 2.05) is 45.0 Å². The summed E-state index contributed by atoms with van der Waals surface area (Å²) in [5.41, 5.74) is 1.17. The molecule has 1 heterocycles. The molecule has 1 aromatic heterocycles. The number of fused-ring (bicyclic) bond motifs is 1. The molecule has 3 rings (SSSR count). The molecule has 3 aromatic rings. The van der Waals surface area contributed by atoms with Crippen molar-refractivity contribution in [3.63, 3.8) is 0 Å². The fourth-order valence-corrected chi connectivity index (χ4v) is 3.92. The predicted octanol–water partition coefficient (Wildman–Crippen LogP) is 5.89. The number of benzene rings is 2. The molecule has 0 bridgehead atoms. The highest BCUT2D eigenvalue weighted by atomic mass is 79.9. The minimum absolute atomic E-state index is 0.0123. The standard InChI is InChI=1S/C23H23Br2N3O3/c1-5-9-31-21-18(25)10-15(11-20(21)30-6-2)13-26-28-22(14(3)4)27-19-8-7-16(24)12-17(19)23(28)29/h5,7-8,10-14H,1,6,9H2,2-4H3. The highest BCUT2D eigenvalue weighted by Gasteiger charge is 2.15. The lowest BCUT2D eigenvalue weighted by atomic mass is 10.2. The maximum atomic E-state index is 13.2. The van der Waals surface area contributed by atoms with Gasteiger partial charge in [0, 0.05) is 10.4 Å². The first-order valence-electron chi connectivity index (χ1n) is 9.82. The highest BCUT2D eigenvalue weighted by molar-refractivity contribution is 9.10. The second-order valence-electron chi connectivity index (χ2n) is 7.01. The molecule has 0 radical (unpaired) electrons. The van der Waals surface area contributed by atoms with Crippen molar-refractivity contribution in [2.45, 2.75) is 26.7 Å². The summed E-state index contributed by atoms with van der Waals surface area (Å²) in [7, 11) is 0. The van der Waals surface area contributed by atoms with Crippen LogP contribution >= 0.6 is 31.9 Å². The van der Waals surface area contributed by atoms with Crippen LogP contribution in [0.4, 0.5) is 0 Å². The molecule has 0 saturated carbocycles. The summed E-state index contributed by atoms with van der Waals surface area (Å²) in [6, 6.07) is 9.14. The Morgan fingerprint density at radius 3 is 2.68 bits per heavy atom. The number of halogens is 2. The van der Waals surface area contributed by atoms with Crippen LogP contribution in [0.15, 0.2) is 61.8 Å². The molecule has 0 spiro atoms. The summed E-state index contributed by atoms with van der Waals surface area (Å²) in [6.45, 7) is 10.4. The van der Waals surface area contributed by atoms with Crippen LogP contribution in [0.2, 0.25) is 0 Å². The molecule has 0 fully saturated rings. The molecule has 0 amide bonds. The summed E-state index contributed by atoms with van der Waals surface area (Å²) < 4.78 is 14.3. The molecule has 31 heavy (non-hydrogen) atoms. The van der Waals surface area contributed by atoms with Gasteiger partial charge in [-0.2, -0.15) is 9.78 Å². The van der Waals surface area contributed by atoms with E-state index in [1.54, 1.807) is 18.4 Å². The van der Waals surface area contributed by atoms with E-state index < -0.39 is 0 Å². The Morgan fingerprint density at radius 2 is 2.00 bits per heavy atom. The van der Waals surface area contributed by atoms with Gasteiger partial charge in [0.1, 0.15) is 12.4 Å². The van der Waals surface area contributed by atoms with Crippen molar-refractivity contribution in [2.75, 3.05) is 13.2 Å². The Morgan fingerprint density at radius 1 is 1.23 bits per heavy atom. The zero-order valence-corrected chi connectivity index (χ0v) is 20.7. The molecule has 8 heteroatoms. The Balaban J connectivity index is 2.10. The average Bonchev–Trinajstić information content (AvgIpc) is 2.73. The molecule has 0 unspecified atom stereocenters. The molecule has 0 N–H and O–H groups in total. The van der Waals surface area contributed by atoms with E-state index in [0.29, 0.717) is 41.4 Å². The van der Waals surface area contributed by atoms with Crippen LogP contribution in [0.5, 0.6) is 11.5 Å². The lowest BCUT2D eigenvalue weighted by Crippen LogP contribution is -2.23. The van der Waals surface area contributed by atoms with Gasteiger partial charge in [-0.1, -0.05) is 42.4 Å². The first kappa shape index (κ1) is 23.2. The van der Waals surface area contributed by atoms with Crippen molar-refractivity contribution in [2.24, 2.45) is 5.10 Å². The maximum Gasteiger partial charge on any atom is 0.282 e. The van der Waals surface area contributed by atoms with E-state index in [4.69, 9.17) is 9.47 Å². The Bertz CT molecular complexity index is 1200. The lowest BCUT2D eigenvalue weighted by Gasteiger charge is -2.14. The zero-order valence-electron chi connectivity index (χ0n) is 17.6. The first-order valence-corrected chi connectivity index (χ1v) is 11.4. The molecule has 2 aromatic carbocycles. The van der Waals surface area contributed by atoms with Crippen molar-refractivity contribution in [1.29, 1.82) is 0 Å². The Kier molecular flexibility index (Phi) is 7.67. The van der Waals surface area contributed by atoms with Gasteiger partial charge in [0.2, 0.25) is 0 Å². The third-order valence-corrected chi connectivity index (χ3v) is 5.43. The van der Waals surface area contributed by atoms with Crippen LogP contribution < -0.4 is 15.0 Å². The van der Waals surface area contributed by atoms with Gasteiger partial charge in [-0.05, 0) is 58.7 Å². The summed E-state index contributed by atoms with van der Waals surface area (Å²) in [6.07, 6.45) is 3.28. The van der Waals surface area contributed by atoms with Crippen molar-refractivity contribution in [3.8, 4) is 11.5 Å². The first-order chi connectivity index (χ1) is 14.8. The molecule has 0 saturated heterocycles. The number of ether oxygens (including phenoxy) is 2. The maximum absolute atomic E-state index is 13.2. The van der Waals surface area contributed by atoms with Gasteiger partial charge in [-0.25, -0.2) is 4.98 Å². The fraction of sp³-hybridized carbons (Fsp3) is 0.261. The summed E-state index contributed by atoms with van der Waals surface area (Å²) in [4.78, 5) is 17.8. The number of hydrogen-bond donors (Lipinski definition) is 0. The summed E-state index contributed by atoms with van der Waals surface area (Å²) in [5.74, 6) is 1.78. The van der Waals surface area contributed by atoms with Gasteiger partial charge in [0.05, 0.1) is 28.2 Å². The van der Waals surface area contributed by atoms with E-state index in [-0.39, 0.29) is 11.5 Å². The largest absolute Gasteiger partial charge is 0.490 e. The monoisotopic (exact) mass is 547 g/mol. The van der Waals surface area contributed by atoms with Crippen LogP contribution in [-0.2, 0) is 0 Å². The number of rotatable bonds is 8. The highest BCUT2D eigenvalue weighted by Crippen LogP contribution is 2.36. The molecule has 0 atom stereocenters. The zero-order chi connectivity index (χ0) is 22.5. The second kappa shape index (κ2) is 10.2. The quantitative estimate of drug-likeness (QED) is 0.260. The van der Waals surface area contributed by atoms with Gasteiger partial charge in [0.15, 0.2) is 11.5 Å². The molecular weight excluding hydrogens is 526 g/mol. The van der Waals surface area contributed by atoms with Gasteiger partial charge in [-0.15, -0.1) is 0 Å². The summed E-state index contributed by atoms with van der Waals surface area (Å²) >= 11 is 6.95. The molecule has 0 aliphatic heterocycles. The minimum Gasteiger partial charge on any atom is -0.490 e. The predicted molar refractivity (Wildman–Crippen MR) is 132 cm³/mol. The van der Waals surface area contributed by atoms with E-state index in [1.165, 1.54) is 4.68 Å². The van der Waals surface area contributed by atoms with Crippen LogP contribution in [-0.4, -0.2) is 29.1 Å². The van der Waals surface area contributed by atoms with Crippen LogP contribution in [0, 0.1) is 0 Å². The third kappa shape index (κ3) is 5.25. The fourth-order valence-electron chi connectivity index (χ4n) is 2.98. The average molecular weight is 549 g/mol. The van der Waals surface area contributed by atoms with E-state index in [2.05, 4.69) is 48.5 Å². The topological polar surface area (TPSA) is 65.7 Å². The number of hydrogen-bond acceptors (Lipinski definition) is 5. The third-order valence-electron chi connectivity index (χ3n) is 4.35. The normalized spacial score (nSPS) is 11.4. The van der Waals surface area contributed by atoms with E-state index in [0.717, 1.165) is 14.5 Å². The van der Waals surface area contributed by atoms with Gasteiger partial charge < -0.3 is 9.47 Å². The number of aromatic nitrogens is 2.